The smallest absolute Gasteiger partial charge is 0.262 e. The van der Waals surface area contributed by atoms with Gasteiger partial charge in [0.15, 0.2) is 10.9 Å². The van der Waals surface area contributed by atoms with E-state index in [2.05, 4.69) is 4.98 Å². The summed E-state index contributed by atoms with van der Waals surface area (Å²) in [5, 5.41) is 1.50. The van der Waals surface area contributed by atoms with Crippen molar-refractivity contribution >= 4 is 40.0 Å². The number of halogens is 1. The molecule has 1 heterocycles. The van der Waals surface area contributed by atoms with Gasteiger partial charge >= 0.3 is 0 Å². The number of methoxy groups -OCH3 is 1. The molecule has 0 aliphatic heterocycles. The molecule has 0 spiro atoms. The van der Waals surface area contributed by atoms with Crippen molar-refractivity contribution in [1.82, 2.24) is 9.55 Å². The van der Waals surface area contributed by atoms with Crippen LogP contribution in [-0.2, 0) is 11.3 Å². The Balaban J connectivity index is 1.85. The molecule has 0 saturated carbocycles. The Kier molecular flexibility index (Phi) is 7.90. The molecule has 2 aromatic carbocycles. The summed E-state index contributed by atoms with van der Waals surface area (Å²) in [6.45, 7) is 3.57. The molecule has 0 amide bonds. The molecule has 158 valence electrons. The van der Waals surface area contributed by atoms with Gasteiger partial charge in [0.05, 0.1) is 23.8 Å². The topological polar surface area (TPSA) is 70.4 Å². The molecule has 8 heteroatoms. The second kappa shape index (κ2) is 10.6. The third kappa shape index (κ3) is 5.41. The summed E-state index contributed by atoms with van der Waals surface area (Å²) in [7, 11) is 1.58. The number of Topliss-reactive ketones (excluding diaryl/α,β-unsaturated/α-hetero) is 1. The number of carbonyl (C=O) groups is 1. The molecule has 3 rings (SSSR count). The van der Waals surface area contributed by atoms with E-state index in [4.69, 9.17) is 21.1 Å². The highest BCUT2D eigenvalue weighted by atomic mass is 35.5. The van der Waals surface area contributed by atoms with Crippen molar-refractivity contribution in [3.05, 3.63) is 63.4 Å². The van der Waals surface area contributed by atoms with Gasteiger partial charge < -0.3 is 9.47 Å². The fraction of sp³-hybridized carbons (Fsp3) is 0.318. The molecule has 0 unspecified atom stereocenters. The largest absolute Gasteiger partial charge is 0.497 e. The van der Waals surface area contributed by atoms with Crippen LogP contribution < -0.4 is 10.3 Å². The molecule has 0 N–H and O–H groups in total. The van der Waals surface area contributed by atoms with Gasteiger partial charge in [-0.25, -0.2) is 4.98 Å². The van der Waals surface area contributed by atoms with Crippen LogP contribution >= 0.6 is 23.4 Å². The van der Waals surface area contributed by atoms with Crippen molar-refractivity contribution in [2.24, 2.45) is 0 Å². The number of aromatic nitrogens is 2. The zero-order chi connectivity index (χ0) is 21.5. The maximum absolute atomic E-state index is 13.0. The molecule has 0 atom stereocenters. The maximum Gasteiger partial charge on any atom is 0.262 e. The zero-order valence-electron chi connectivity index (χ0n) is 16.9. The Morgan fingerprint density at radius 3 is 2.67 bits per heavy atom. The highest BCUT2D eigenvalue weighted by Gasteiger charge is 2.14. The van der Waals surface area contributed by atoms with E-state index in [0.717, 1.165) is 0 Å². The lowest BCUT2D eigenvalue weighted by atomic mass is 10.1. The molecule has 0 fully saturated rings. The van der Waals surface area contributed by atoms with Crippen LogP contribution in [0.5, 0.6) is 5.75 Å². The van der Waals surface area contributed by atoms with E-state index < -0.39 is 0 Å². The second-order valence-corrected chi connectivity index (χ2v) is 7.88. The molecule has 3 aromatic rings. The van der Waals surface area contributed by atoms with E-state index >= 15 is 0 Å². The number of hydrogen-bond donors (Lipinski definition) is 0. The second-order valence-electron chi connectivity index (χ2n) is 6.50. The molecule has 0 aliphatic rings. The van der Waals surface area contributed by atoms with Gasteiger partial charge in [-0.05, 0) is 55.8 Å². The van der Waals surface area contributed by atoms with Gasteiger partial charge in [0, 0.05) is 30.3 Å². The van der Waals surface area contributed by atoms with Crippen LogP contribution in [0.25, 0.3) is 10.9 Å². The van der Waals surface area contributed by atoms with E-state index in [-0.39, 0.29) is 17.1 Å². The first-order valence-corrected chi connectivity index (χ1v) is 11.0. The standard InChI is InChI=1S/C22H23ClN2O4S/c1-3-29-12-4-11-25-21(27)18-10-7-16(23)13-19(18)24-22(25)30-14-20(26)15-5-8-17(28-2)9-6-15/h5-10,13H,3-4,11-12,14H2,1-2H3. The lowest BCUT2D eigenvalue weighted by Crippen LogP contribution is -2.24. The molecule has 0 saturated heterocycles. The van der Waals surface area contributed by atoms with Crippen LogP contribution in [0.4, 0.5) is 0 Å². The number of carbonyl (C=O) groups excluding carboxylic acids is 1. The third-order valence-corrected chi connectivity index (χ3v) is 5.71. The molecular weight excluding hydrogens is 424 g/mol. The molecule has 1 aromatic heterocycles. The molecular formula is C22H23ClN2O4S. The fourth-order valence-electron chi connectivity index (χ4n) is 2.94. The van der Waals surface area contributed by atoms with Crippen LogP contribution in [0.3, 0.4) is 0 Å². The minimum atomic E-state index is -0.146. The first-order chi connectivity index (χ1) is 14.5. The number of ketones is 1. The van der Waals surface area contributed by atoms with Gasteiger partial charge in [-0.1, -0.05) is 23.4 Å². The Labute approximate surface area is 184 Å². The van der Waals surface area contributed by atoms with Crippen LogP contribution in [0.1, 0.15) is 23.7 Å². The lowest BCUT2D eigenvalue weighted by molar-refractivity contribution is 0.102. The fourth-order valence-corrected chi connectivity index (χ4v) is 4.03. The van der Waals surface area contributed by atoms with Crippen molar-refractivity contribution in [2.75, 3.05) is 26.1 Å². The summed E-state index contributed by atoms with van der Waals surface area (Å²) in [6.07, 6.45) is 0.675. The van der Waals surface area contributed by atoms with Crippen molar-refractivity contribution in [2.45, 2.75) is 25.0 Å². The quantitative estimate of drug-likeness (QED) is 0.198. The minimum Gasteiger partial charge on any atom is -0.497 e. The number of fused-ring (bicyclic) bond motifs is 1. The van der Waals surface area contributed by atoms with Crippen molar-refractivity contribution in [3.63, 3.8) is 0 Å². The van der Waals surface area contributed by atoms with E-state index in [1.807, 2.05) is 6.92 Å². The normalized spacial score (nSPS) is 11.0. The van der Waals surface area contributed by atoms with E-state index in [1.54, 1.807) is 54.1 Å². The summed E-state index contributed by atoms with van der Waals surface area (Å²) in [5.41, 5.74) is 0.956. The summed E-state index contributed by atoms with van der Waals surface area (Å²) in [4.78, 5) is 30.3. The van der Waals surface area contributed by atoms with Gasteiger partial charge in [0.2, 0.25) is 0 Å². The average Bonchev–Trinajstić information content (AvgIpc) is 2.76. The van der Waals surface area contributed by atoms with Crippen molar-refractivity contribution in [1.29, 1.82) is 0 Å². The summed E-state index contributed by atoms with van der Waals surface area (Å²) in [5.74, 6) is 0.801. The Morgan fingerprint density at radius 1 is 1.20 bits per heavy atom. The van der Waals surface area contributed by atoms with Gasteiger partial charge in [-0.3, -0.25) is 14.2 Å². The molecule has 30 heavy (non-hydrogen) atoms. The minimum absolute atomic E-state index is 0.0519. The van der Waals surface area contributed by atoms with Crippen molar-refractivity contribution < 1.29 is 14.3 Å². The summed E-state index contributed by atoms with van der Waals surface area (Å²) in [6, 6.07) is 12.0. The van der Waals surface area contributed by atoms with E-state index in [9.17, 15) is 9.59 Å². The van der Waals surface area contributed by atoms with Crippen LogP contribution in [0.2, 0.25) is 5.02 Å². The molecule has 0 radical (unpaired) electrons. The van der Waals surface area contributed by atoms with Crippen molar-refractivity contribution in [3.8, 4) is 5.75 Å². The Bertz CT molecular complexity index is 1080. The lowest BCUT2D eigenvalue weighted by Gasteiger charge is -2.13. The average molecular weight is 447 g/mol. The first-order valence-electron chi connectivity index (χ1n) is 9.61. The maximum atomic E-state index is 13.0. The van der Waals surface area contributed by atoms with Crippen LogP contribution in [-0.4, -0.2) is 41.4 Å². The van der Waals surface area contributed by atoms with E-state index in [0.29, 0.717) is 58.6 Å². The SMILES string of the molecule is CCOCCCn1c(SCC(=O)c2ccc(OC)cc2)nc2cc(Cl)ccc2c1=O. The molecule has 6 nitrogen and oxygen atoms in total. The number of ether oxygens (including phenoxy) is 2. The van der Waals surface area contributed by atoms with Gasteiger partial charge in [-0.15, -0.1) is 0 Å². The predicted octanol–water partition coefficient (Wildman–Crippen LogP) is 4.46. The number of rotatable bonds is 10. The number of thioether (sulfide) groups is 1. The monoisotopic (exact) mass is 446 g/mol. The molecule has 0 aliphatic carbocycles. The number of nitrogens with zero attached hydrogens (tertiary/aromatic N) is 2. The zero-order valence-corrected chi connectivity index (χ0v) is 18.5. The van der Waals surface area contributed by atoms with Gasteiger partial charge in [-0.2, -0.15) is 0 Å². The summed E-state index contributed by atoms with van der Waals surface area (Å²) >= 11 is 7.32. The highest BCUT2D eigenvalue weighted by molar-refractivity contribution is 7.99. The third-order valence-electron chi connectivity index (χ3n) is 4.50. The first kappa shape index (κ1) is 22.3. The van der Waals surface area contributed by atoms with Gasteiger partial charge in [0.25, 0.3) is 5.56 Å². The van der Waals surface area contributed by atoms with Gasteiger partial charge in [0.1, 0.15) is 5.75 Å². The molecule has 0 bridgehead atoms. The Hall–Kier alpha value is -2.35. The van der Waals surface area contributed by atoms with E-state index in [1.165, 1.54) is 11.8 Å². The highest BCUT2D eigenvalue weighted by Crippen LogP contribution is 2.22. The van der Waals surface area contributed by atoms with Crippen LogP contribution in [0.15, 0.2) is 52.4 Å². The number of hydrogen-bond acceptors (Lipinski definition) is 6. The number of benzene rings is 2. The van der Waals surface area contributed by atoms with Crippen LogP contribution in [0, 0.1) is 0 Å². The Morgan fingerprint density at radius 2 is 1.97 bits per heavy atom. The predicted molar refractivity (Wildman–Crippen MR) is 120 cm³/mol. The summed E-state index contributed by atoms with van der Waals surface area (Å²) < 4.78 is 12.1.